The Morgan fingerprint density at radius 1 is 0.750 bits per heavy atom. The molecule has 0 aromatic heterocycles. The van der Waals surface area contributed by atoms with Crippen LogP contribution in [0.15, 0.2) is 71.8 Å². The van der Waals surface area contributed by atoms with Gasteiger partial charge in [-0.05, 0) is 28.8 Å². The van der Waals surface area contributed by atoms with Gasteiger partial charge in [-0.2, -0.15) is 5.10 Å². The average molecular weight is 376 g/mol. The Morgan fingerprint density at radius 3 is 1.96 bits per heavy atom. The van der Waals surface area contributed by atoms with Crippen LogP contribution in [-0.4, -0.2) is 6.21 Å². The van der Waals surface area contributed by atoms with Crippen molar-refractivity contribution >= 4 is 46.7 Å². The van der Waals surface area contributed by atoms with Crippen LogP contribution in [0.2, 0.25) is 15.1 Å². The minimum absolute atomic E-state index is 0.420. The quantitative estimate of drug-likeness (QED) is 0.395. The fourth-order valence-corrected chi connectivity index (χ4v) is 3.11. The standard InChI is InChI=1S/C19H13Cl3N2/c20-16-10-17(21)19(18(22)11-16)24-23-12-13-6-8-15(9-7-13)14-4-2-1-3-5-14/h1-12,24H/b23-12+. The molecule has 0 atom stereocenters. The number of benzene rings is 3. The lowest BCUT2D eigenvalue weighted by Gasteiger charge is -2.06. The Hall–Kier alpha value is -2.00. The van der Waals surface area contributed by atoms with Crippen molar-refractivity contribution in [2.24, 2.45) is 5.10 Å². The number of hydrazone groups is 1. The molecule has 2 nitrogen and oxygen atoms in total. The molecule has 1 N–H and O–H groups in total. The second-order valence-electron chi connectivity index (χ2n) is 5.10. The Bertz CT molecular complexity index is 837. The highest BCUT2D eigenvalue weighted by Crippen LogP contribution is 2.33. The van der Waals surface area contributed by atoms with E-state index < -0.39 is 0 Å². The molecule has 0 unspecified atom stereocenters. The van der Waals surface area contributed by atoms with Crippen LogP contribution in [0.25, 0.3) is 11.1 Å². The molecule has 3 rings (SSSR count). The van der Waals surface area contributed by atoms with Crippen molar-refractivity contribution in [3.63, 3.8) is 0 Å². The first-order valence-corrected chi connectivity index (χ1v) is 8.36. The number of hydrogen-bond acceptors (Lipinski definition) is 2. The summed E-state index contributed by atoms with van der Waals surface area (Å²) in [5.74, 6) is 0. The van der Waals surface area contributed by atoms with Crippen molar-refractivity contribution in [2.45, 2.75) is 0 Å². The molecular formula is C19H13Cl3N2. The summed E-state index contributed by atoms with van der Waals surface area (Å²) in [6, 6.07) is 21.5. The zero-order chi connectivity index (χ0) is 16.9. The van der Waals surface area contributed by atoms with Crippen LogP contribution >= 0.6 is 34.8 Å². The van der Waals surface area contributed by atoms with Crippen LogP contribution in [0.5, 0.6) is 0 Å². The molecule has 0 bridgehead atoms. The van der Waals surface area contributed by atoms with Crippen LogP contribution in [0.1, 0.15) is 5.56 Å². The van der Waals surface area contributed by atoms with E-state index in [9.17, 15) is 0 Å². The van der Waals surface area contributed by atoms with Gasteiger partial charge in [0.05, 0.1) is 21.9 Å². The van der Waals surface area contributed by atoms with Crippen molar-refractivity contribution < 1.29 is 0 Å². The van der Waals surface area contributed by atoms with Gasteiger partial charge in [0.25, 0.3) is 0 Å². The highest BCUT2D eigenvalue weighted by molar-refractivity contribution is 6.41. The van der Waals surface area contributed by atoms with Gasteiger partial charge in [-0.1, -0.05) is 89.4 Å². The second-order valence-corrected chi connectivity index (χ2v) is 6.35. The van der Waals surface area contributed by atoms with E-state index >= 15 is 0 Å². The van der Waals surface area contributed by atoms with E-state index in [2.05, 4.69) is 34.8 Å². The topological polar surface area (TPSA) is 24.4 Å². The van der Waals surface area contributed by atoms with Gasteiger partial charge in [0.15, 0.2) is 0 Å². The SMILES string of the molecule is Clc1cc(Cl)c(N/N=C/c2ccc(-c3ccccc3)cc2)c(Cl)c1. The normalized spacial score (nSPS) is 11.0. The monoisotopic (exact) mass is 374 g/mol. The van der Waals surface area contributed by atoms with Crippen LogP contribution in [0.3, 0.4) is 0 Å². The summed E-state index contributed by atoms with van der Waals surface area (Å²) in [5, 5.41) is 5.50. The molecule has 0 fully saturated rings. The summed E-state index contributed by atoms with van der Waals surface area (Å²) in [5.41, 5.74) is 6.68. The Morgan fingerprint density at radius 2 is 1.33 bits per heavy atom. The Labute approximate surface area is 155 Å². The first-order chi connectivity index (χ1) is 11.6. The number of hydrogen-bond donors (Lipinski definition) is 1. The molecule has 3 aromatic rings. The maximum atomic E-state index is 6.10. The molecule has 24 heavy (non-hydrogen) atoms. The van der Waals surface area contributed by atoms with Gasteiger partial charge in [0.2, 0.25) is 0 Å². The van der Waals surface area contributed by atoms with Gasteiger partial charge in [-0.15, -0.1) is 0 Å². The van der Waals surface area contributed by atoms with E-state index in [4.69, 9.17) is 34.8 Å². The molecule has 5 heteroatoms. The van der Waals surface area contributed by atoms with Gasteiger partial charge in [0, 0.05) is 5.02 Å². The van der Waals surface area contributed by atoms with E-state index in [0.29, 0.717) is 20.8 Å². The predicted molar refractivity (Wildman–Crippen MR) is 105 cm³/mol. The first-order valence-electron chi connectivity index (χ1n) is 7.22. The van der Waals surface area contributed by atoms with Crippen LogP contribution in [-0.2, 0) is 0 Å². The van der Waals surface area contributed by atoms with E-state index in [0.717, 1.165) is 11.1 Å². The number of rotatable bonds is 4. The number of anilines is 1. The molecule has 0 radical (unpaired) electrons. The lowest BCUT2D eigenvalue weighted by molar-refractivity contribution is 1.35. The largest absolute Gasteiger partial charge is 0.275 e. The zero-order valence-electron chi connectivity index (χ0n) is 12.5. The van der Waals surface area contributed by atoms with E-state index in [1.54, 1.807) is 18.3 Å². The lowest BCUT2D eigenvalue weighted by Crippen LogP contribution is -1.93. The third-order valence-electron chi connectivity index (χ3n) is 3.41. The average Bonchev–Trinajstić information content (AvgIpc) is 2.58. The number of halogens is 3. The Kier molecular flexibility index (Phi) is 5.41. The third-order valence-corrected chi connectivity index (χ3v) is 4.23. The van der Waals surface area contributed by atoms with E-state index in [1.165, 1.54) is 5.56 Å². The molecule has 0 saturated heterocycles. The zero-order valence-corrected chi connectivity index (χ0v) is 14.8. The second kappa shape index (κ2) is 7.71. The smallest absolute Gasteiger partial charge is 0.0935 e. The molecule has 0 saturated carbocycles. The highest BCUT2D eigenvalue weighted by Gasteiger charge is 2.06. The Balaban J connectivity index is 1.72. The van der Waals surface area contributed by atoms with Gasteiger partial charge in [-0.3, -0.25) is 5.43 Å². The summed E-state index contributed by atoms with van der Waals surface area (Å²) in [6.07, 6.45) is 1.70. The fourth-order valence-electron chi connectivity index (χ4n) is 2.21. The van der Waals surface area contributed by atoms with Crippen LogP contribution < -0.4 is 5.43 Å². The van der Waals surface area contributed by atoms with E-state index in [-0.39, 0.29) is 0 Å². The van der Waals surface area contributed by atoms with Crippen molar-refractivity contribution in [2.75, 3.05) is 5.43 Å². The molecule has 0 spiro atoms. The van der Waals surface area contributed by atoms with Gasteiger partial charge >= 0.3 is 0 Å². The highest BCUT2D eigenvalue weighted by atomic mass is 35.5. The molecular weight excluding hydrogens is 363 g/mol. The fraction of sp³-hybridized carbons (Fsp3) is 0. The molecule has 0 amide bonds. The van der Waals surface area contributed by atoms with Crippen LogP contribution in [0.4, 0.5) is 5.69 Å². The summed E-state index contributed by atoms with van der Waals surface area (Å²) in [6.45, 7) is 0. The molecule has 3 aromatic carbocycles. The van der Waals surface area contributed by atoms with Crippen molar-refractivity contribution in [1.29, 1.82) is 0 Å². The van der Waals surface area contributed by atoms with Crippen molar-refractivity contribution in [3.8, 4) is 11.1 Å². The number of nitrogens with one attached hydrogen (secondary N) is 1. The minimum atomic E-state index is 0.420. The molecule has 120 valence electrons. The minimum Gasteiger partial charge on any atom is -0.275 e. The van der Waals surface area contributed by atoms with Gasteiger partial charge in [-0.25, -0.2) is 0 Å². The van der Waals surface area contributed by atoms with Crippen molar-refractivity contribution in [3.05, 3.63) is 87.4 Å². The third kappa shape index (κ3) is 4.09. The van der Waals surface area contributed by atoms with Crippen molar-refractivity contribution in [1.82, 2.24) is 0 Å². The maximum Gasteiger partial charge on any atom is 0.0935 e. The molecule has 0 aliphatic carbocycles. The van der Waals surface area contributed by atoms with Gasteiger partial charge in [0.1, 0.15) is 0 Å². The summed E-state index contributed by atoms with van der Waals surface area (Å²) in [7, 11) is 0. The maximum absolute atomic E-state index is 6.10. The first kappa shape index (κ1) is 16.8. The summed E-state index contributed by atoms with van der Waals surface area (Å²) >= 11 is 18.1. The molecule has 0 heterocycles. The molecule has 0 aliphatic rings. The summed E-state index contributed by atoms with van der Waals surface area (Å²) in [4.78, 5) is 0. The molecule has 0 aliphatic heterocycles. The van der Waals surface area contributed by atoms with E-state index in [1.807, 2.05) is 30.3 Å². The predicted octanol–water partition coefficient (Wildman–Crippen LogP) is 6.76. The van der Waals surface area contributed by atoms with Crippen LogP contribution in [0, 0.1) is 0 Å². The summed E-state index contributed by atoms with van der Waals surface area (Å²) < 4.78 is 0. The van der Waals surface area contributed by atoms with Gasteiger partial charge < -0.3 is 0 Å². The number of nitrogens with zero attached hydrogens (tertiary/aromatic N) is 1. The lowest BCUT2D eigenvalue weighted by atomic mass is 10.0.